The maximum atomic E-state index is 12.5. The van der Waals surface area contributed by atoms with Crippen molar-refractivity contribution in [2.75, 3.05) is 26.2 Å². The van der Waals surface area contributed by atoms with Crippen LogP contribution in [-0.4, -0.2) is 54.2 Å². The first kappa shape index (κ1) is 17.2. The fourth-order valence-corrected chi connectivity index (χ4v) is 3.69. The summed E-state index contributed by atoms with van der Waals surface area (Å²) < 4.78 is 5.70. The Hall–Kier alpha value is -1.59. The number of amides is 2. The lowest BCUT2D eigenvalue weighted by molar-refractivity contribution is -0.0545. The van der Waals surface area contributed by atoms with E-state index in [1.165, 1.54) is 37.1 Å². The van der Waals surface area contributed by atoms with E-state index in [9.17, 15) is 4.79 Å². The van der Waals surface area contributed by atoms with Crippen molar-refractivity contribution in [1.29, 1.82) is 0 Å². The predicted molar refractivity (Wildman–Crippen MR) is 94.8 cm³/mol. The summed E-state index contributed by atoms with van der Waals surface area (Å²) in [5.74, 6) is 0. The van der Waals surface area contributed by atoms with Gasteiger partial charge < -0.3 is 15.0 Å². The van der Waals surface area contributed by atoms with Crippen molar-refractivity contribution in [2.24, 2.45) is 0 Å². The lowest BCUT2D eigenvalue weighted by Gasteiger charge is -2.35. The summed E-state index contributed by atoms with van der Waals surface area (Å²) in [5, 5.41) is 3.09. The van der Waals surface area contributed by atoms with Gasteiger partial charge >= 0.3 is 6.03 Å². The first-order valence-electron chi connectivity index (χ1n) is 9.09. The van der Waals surface area contributed by atoms with E-state index in [4.69, 9.17) is 4.74 Å². The molecule has 5 nitrogen and oxygen atoms in total. The first-order valence-corrected chi connectivity index (χ1v) is 9.09. The standard InChI is InChI=1S/C19H29N3O2/c1-15-12-22(13-16(2)24-15)19(23)20-11-17-7-3-4-8-18(17)14-21-9-5-6-10-21/h3-4,7-8,15-16H,5-6,9-14H2,1-2H3,(H,20,23)/t15-,16+. The number of ether oxygens (including phenoxy) is 1. The van der Waals surface area contributed by atoms with Crippen molar-refractivity contribution in [3.05, 3.63) is 35.4 Å². The summed E-state index contributed by atoms with van der Waals surface area (Å²) in [4.78, 5) is 16.8. The topological polar surface area (TPSA) is 44.8 Å². The van der Waals surface area contributed by atoms with Gasteiger partial charge in [0.25, 0.3) is 0 Å². The molecule has 0 aliphatic carbocycles. The summed E-state index contributed by atoms with van der Waals surface area (Å²) in [6.45, 7) is 9.29. The number of hydrogen-bond donors (Lipinski definition) is 1. The third-order valence-corrected chi connectivity index (χ3v) is 4.85. The van der Waals surface area contributed by atoms with Crippen LogP contribution in [0.1, 0.15) is 37.8 Å². The van der Waals surface area contributed by atoms with E-state index >= 15 is 0 Å². The average molecular weight is 331 g/mol. The number of morpholine rings is 1. The summed E-state index contributed by atoms with van der Waals surface area (Å²) in [5.41, 5.74) is 2.54. The second-order valence-electron chi connectivity index (χ2n) is 7.07. The Kier molecular flexibility index (Phi) is 5.74. The molecule has 1 aromatic rings. The Morgan fingerprint density at radius 2 is 1.75 bits per heavy atom. The number of hydrogen-bond acceptors (Lipinski definition) is 3. The van der Waals surface area contributed by atoms with Gasteiger partial charge in [-0.3, -0.25) is 4.90 Å². The molecule has 1 N–H and O–H groups in total. The van der Waals surface area contributed by atoms with E-state index < -0.39 is 0 Å². The molecule has 3 rings (SSSR count). The largest absolute Gasteiger partial charge is 0.372 e. The predicted octanol–water partition coefficient (Wildman–Crippen LogP) is 2.60. The molecule has 2 aliphatic rings. The zero-order chi connectivity index (χ0) is 16.9. The van der Waals surface area contributed by atoms with Gasteiger partial charge in [0.05, 0.1) is 12.2 Å². The van der Waals surface area contributed by atoms with E-state index in [2.05, 4.69) is 28.4 Å². The molecule has 0 bridgehead atoms. The summed E-state index contributed by atoms with van der Waals surface area (Å²) >= 11 is 0. The number of likely N-dealkylation sites (tertiary alicyclic amines) is 1. The maximum absolute atomic E-state index is 12.5. The van der Waals surface area contributed by atoms with Crippen LogP contribution in [0.2, 0.25) is 0 Å². The lowest BCUT2D eigenvalue weighted by Crippen LogP contribution is -2.51. The number of urea groups is 1. The molecule has 2 fully saturated rings. The molecule has 2 amide bonds. The highest BCUT2D eigenvalue weighted by atomic mass is 16.5. The molecule has 0 radical (unpaired) electrons. The summed E-state index contributed by atoms with van der Waals surface area (Å²) in [6.07, 6.45) is 2.79. The van der Waals surface area contributed by atoms with Crippen molar-refractivity contribution in [3.63, 3.8) is 0 Å². The Balaban J connectivity index is 1.56. The van der Waals surface area contributed by atoms with Gasteiger partial charge in [-0.05, 0) is 50.9 Å². The highest BCUT2D eigenvalue weighted by Gasteiger charge is 2.25. The minimum Gasteiger partial charge on any atom is -0.372 e. The fraction of sp³-hybridized carbons (Fsp3) is 0.632. The van der Waals surface area contributed by atoms with Crippen LogP contribution in [0, 0.1) is 0 Å². The van der Waals surface area contributed by atoms with Gasteiger partial charge in [0, 0.05) is 26.2 Å². The van der Waals surface area contributed by atoms with E-state index in [0.717, 1.165) is 6.54 Å². The number of carbonyl (C=O) groups excluding carboxylic acids is 1. The highest BCUT2D eigenvalue weighted by molar-refractivity contribution is 5.74. The average Bonchev–Trinajstić information content (AvgIpc) is 3.06. The minimum atomic E-state index is 0.00738. The number of nitrogens with one attached hydrogen (secondary N) is 1. The third-order valence-electron chi connectivity index (χ3n) is 4.85. The zero-order valence-electron chi connectivity index (χ0n) is 14.8. The van der Waals surface area contributed by atoms with Crippen LogP contribution in [0.15, 0.2) is 24.3 Å². The van der Waals surface area contributed by atoms with Crippen molar-refractivity contribution in [1.82, 2.24) is 15.1 Å². The molecule has 2 atom stereocenters. The quantitative estimate of drug-likeness (QED) is 0.922. The van der Waals surface area contributed by atoms with Crippen molar-refractivity contribution in [3.8, 4) is 0 Å². The van der Waals surface area contributed by atoms with Gasteiger partial charge in [-0.1, -0.05) is 24.3 Å². The van der Waals surface area contributed by atoms with Crippen molar-refractivity contribution >= 4 is 6.03 Å². The second kappa shape index (κ2) is 7.99. The second-order valence-corrected chi connectivity index (χ2v) is 7.07. The smallest absolute Gasteiger partial charge is 0.317 e. The monoisotopic (exact) mass is 331 g/mol. The number of benzene rings is 1. The molecule has 2 heterocycles. The highest BCUT2D eigenvalue weighted by Crippen LogP contribution is 2.16. The van der Waals surface area contributed by atoms with Crippen molar-refractivity contribution < 1.29 is 9.53 Å². The Bertz CT molecular complexity index is 547. The van der Waals surface area contributed by atoms with Crippen LogP contribution in [0.3, 0.4) is 0 Å². The molecule has 0 aromatic heterocycles. The lowest BCUT2D eigenvalue weighted by atomic mass is 10.1. The van der Waals surface area contributed by atoms with Gasteiger partial charge in [-0.15, -0.1) is 0 Å². The molecular weight excluding hydrogens is 302 g/mol. The van der Waals surface area contributed by atoms with Crippen LogP contribution in [0.25, 0.3) is 0 Å². The zero-order valence-corrected chi connectivity index (χ0v) is 14.8. The molecule has 0 spiro atoms. The number of nitrogens with zero attached hydrogens (tertiary/aromatic N) is 2. The first-order chi connectivity index (χ1) is 11.6. The Labute approximate surface area is 145 Å². The van der Waals surface area contributed by atoms with Gasteiger partial charge in [0.15, 0.2) is 0 Å². The molecule has 2 aliphatic heterocycles. The Morgan fingerprint density at radius 3 is 2.42 bits per heavy atom. The summed E-state index contributed by atoms with van der Waals surface area (Å²) in [6, 6.07) is 8.44. The fourth-order valence-electron chi connectivity index (χ4n) is 3.69. The SMILES string of the molecule is C[C@@H]1CN(C(=O)NCc2ccccc2CN2CCCC2)C[C@H](C)O1. The van der Waals surface area contributed by atoms with Gasteiger partial charge in [-0.2, -0.15) is 0 Å². The van der Waals surface area contributed by atoms with Crippen molar-refractivity contribution in [2.45, 2.75) is 52.0 Å². The van der Waals surface area contributed by atoms with Crippen LogP contribution >= 0.6 is 0 Å². The van der Waals surface area contributed by atoms with Gasteiger partial charge in [0.2, 0.25) is 0 Å². The maximum Gasteiger partial charge on any atom is 0.317 e. The van der Waals surface area contributed by atoms with Crippen LogP contribution in [0.5, 0.6) is 0 Å². The van der Waals surface area contributed by atoms with Crippen LogP contribution in [0.4, 0.5) is 4.79 Å². The van der Waals surface area contributed by atoms with Crippen LogP contribution < -0.4 is 5.32 Å². The molecule has 0 saturated carbocycles. The van der Waals surface area contributed by atoms with E-state index in [1.807, 2.05) is 24.8 Å². The van der Waals surface area contributed by atoms with E-state index in [0.29, 0.717) is 19.6 Å². The van der Waals surface area contributed by atoms with E-state index in [-0.39, 0.29) is 18.2 Å². The third kappa shape index (κ3) is 4.48. The summed E-state index contributed by atoms with van der Waals surface area (Å²) in [7, 11) is 0. The number of rotatable bonds is 4. The molecule has 24 heavy (non-hydrogen) atoms. The van der Waals surface area contributed by atoms with Crippen LogP contribution in [-0.2, 0) is 17.8 Å². The van der Waals surface area contributed by atoms with E-state index in [1.54, 1.807) is 0 Å². The molecule has 1 aromatic carbocycles. The molecule has 5 heteroatoms. The molecular formula is C19H29N3O2. The molecule has 0 unspecified atom stereocenters. The Morgan fingerprint density at radius 1 is 1.12 bits per heavy atom. The number of carbonyl (C=O) groups is 1. The normalized spacial score (nSPS) is 25.0. The molecule has 132 valence electrons. The van der Waals surface area contributed by atoms with Gasteiger partial charge in [-0.25, -0.2) is 4.79 Å². The minimum absolute atomic E-state index is 0.00738. The molecule has 2 saturated heterocycles. The van der Waals surface area contributed by atoms with Gasteiger partial charge in [0.1, 0.15) is 0 Å².